The summed E-state index contributed by atoms with van der Waals surface area (Å²) in [5.41, 5.74) is 0.929. The van der Waals surface area contributed by atoms with E-state index in [1.54, 1.807) is 12.1 Å². The molecule has 0 saturated carbocycles. The van der Waals surface area contributed by atoms with E-state index in [1.165, 1.54) is 12.1 Å². The number of halogens is 1. The highest BCUT2D eigenvalue weighted by molar-refractivity contribution is 5.78. The van der Waals surface area contributed by atoms with Gasteiger partial charge in [-0.1, -0.05) is 12.1 Å². The molecule has 0 N–H and O–H groups in total. The predicted octanol–water partition coefficient (Wildman–Crippen LogP) is 1.55. The van der Waals surface area contributed by atoms with Crippen molar-refractivity contribution >= 4 is 5.91 Å². The van der Waals surface area contributed by atoms with E-state index in [4.69, 9.17) is 4.74 Å². The van der Waals surface area contributed by atoms with Gasteiger partial charge in [-0.2, -0.15) is 0 Å². The molecule has 4 nitrogen and oxygen atoms in total. The third-order valence-corrected chi connectivity index (χ3v) is 4.69. The smallest absolute Gasteiger partial charge is 0.227 e. The molecule has 1 aromatic rings. The summed E-state index contributed by atoms with van der Waals surface area (Å²) >= 11 is 0. The van der Waals surface area contributed by atoms with Crippen LogP contribution in [0.3, 0.4) is 0 Å². The fraction of sp³-hybridized carbons (Fsp3) is 0.588. The fourth-order valence-corrected chi connectivity index (χ4v) is 3.50. The summed E-state index contributed by atoms with van der Waals surface area (Å²) in [5, 5.41) is 0. The first-order chi connectivity index (χ1) is 10.6. The zero-order valence-electron chi connectivity index (χ0n) is 13.1. The second-order valence-corrected chi connectivity index (χ2v) is 6.66. The monoisotopic (exact) mass is 306 g/mol. The van der Waals surface area contributed by atoms with Gasteiger partial charge in [-0.15, -0.1) is 0 Å². The zero-order valence-corrected chi connectivity index (χ0v) is 13.1. The molecule has 0 bridgehead atoms. The first-order valence-corrected chi connectivity index (χ1v) is 7.85. The van der Waals surface area contributed by atoms with E-state index in [0.717, 1.165) is 38.2 Å². The van der Waals surface area contributed by atoms with Crippen LogP contribution in [0.2, 0.25) is 0 Å². The molecule has 2 aliphatic heterocycles. The lowest BCUT2D eigenvalue weighted by molar-refractivity contribution is -0.131. The van der Waals surface area contributed by atoms with Gasteiger partial charge in [-0.3, -0.25) is 4.79 Å². The summed E-state index contributed by atoms with van der Waals surface area (Å²) < 4.78 is 18.7. The van der Waals surface area contributed by atoms with Gasteiger partial charge >= 0.3 is 0 Å². The van der Waals surface area contributed by atoms with E-state index in [-0.39, 0.29) is 17.1 Å². The molecular weight excluding hydrogens is 283 g/mol. The standard InChI is InChI=1S/C17H23FN2O2/c1-19-7-6-17(11-19)12-20(8-9-22-13-17)16(21)10-14-2-4-15(18)5-3-14/h2-5H,6-13H2,1H3. The minimum absolute atomic E-state index is 0.0731. The molecule has 2 aliphatic rings. The second kappa shape index (κ2) is 6.34. The molecule has 22 heavy (non-hydrogen) atoms. The molecule has 1 amide bonds. The van der Waals surface area contributed by atoms with Crippen molar-refractivity contribution in [3.05, 3.63) is 35.6 Å². The van der Waals surface area contributed by atoms with E-state index >= 15 is 0 Å². The third kappa shape index (κ3) is 3.47. The molecular formula is C17H23FN2O2. The van der Waals surface area contributed by atoms with Crippen molar-refractivity contribution in [2.75, 3.05) is 46.4 Å². The molecule has 0 radical (unpaired) electrons. The normalized spacial score (nSPS) is 26.4. The van der Waals surface area contributed by atoms with E-state index in [9.17, 15) is 9.18 Å². The van der Waals surface area contributed by atoms with Gasteiger partial charge in [0, 0.05) is 25.0 Å². The lowest BCUT2D eigenvalue weighted by Gasteiger charge is -2.31. The van der Waals surface area contributed by atoms with Gasteiger partial charge in [0.1, 0.15) is 5.82 Å². The number of hydrogen-bond donors (Lipinski definition) is 0. The van der Waals surface area contributed by atoms with Crippen molar-refractivity contribution in [3.63, 3.8) is 0 Å². The molecule has 5 heteroatoms. The summed E-state index contributed by atoms with van der Waals surface area (Å²) in [5.74, 6) is -0.168. The quantitative estimate of drug-likeness (QED) is 0.831. The van der Waals surface area contributed by atoms with Crippen molar-refractivity contribution in [1.82, 2.24) is 9.80 Å². The summed E-state index contributed by atoms with van der Waals surface area (Å²) in [4.78, 5) is 16.8. The molecule has 120 valence electrons. The molecule has 1 atom stereocenters. The lowest BCUT2D eigenvalue weighted by atomic mass is 9.87. The molecule has 0 aliphatic carbocycles. The van der Waals surface area contributed by atoms with Crippen molar-refractivity contribution < 1.29 is 13.9 Å². The first kappa shape index (κ1) is 15.4. The van der Waals surface area contributed by atoms with Crippen molar-refractivity contribution in [1.29, 1.82) is 0 Å². The Morgan fingerprint density at radius 2 is 2.05 bits per heavy atom. The number of carbonyl (C=O) groups excluding carboxylic acids is 1. The van der Waals surface area contributed by atoms with E-state index < -0.39 is 0 Å². The molecule has 1 unspecified atom stereocenters. The minimum Gasteiger partial charge on any atom is -0.379 e. The minimum atomic E-state index is -0.271. The highest BCUT2D eigenvalue weighted by Gasteiger charge is 2.40. The molecule has 1 aromatic carbocycles. The Bertz CT molecular complexity index is 534. The largest absolute Gasteiger partial charge is 0.379 e. The Morgan fingerprint density at radius 1 is 1.27 bits per heavy atom. The van der Waals surface area contributed by atoms with E-state index in [1.807, 2.05) is 4.90 Å². The topological polar surface area (TPSA) is 32.8 Å². The summed E-state index contributed by atoms with van der Waals surface area (Å²) in [6.07, 6.45) is 1.40. The van der Waals surface area contributed by atoms with Crippen LogP contribution in [0.1, 0.15) is 12.0 Å². The van der Waals surface area contributed by atoms with Crippen LogP contribution >= 0.6 is 0 Å². The van der Waals surface area contributed by atoms with E-state index in [2.05, 4.69) is 11.9 Å². The zero-order chi connectivity index (χ0) is 15.6. The van der Waals surface area contributed by atoms with Crippen LogP contribution in [0.25, 0.3) is 0 Å². The van der Waals surface area contributed by atoms with Crippen LogP contribution in [0.5, 0.6) is 0 Å². The summed E-state index contributed by atoms with van der Waals surface area (Å²) in [7, 11) is 2.12. The van der Waals surface area contributed by atoms with Gasteiger partial charge in [0.2, 0.25) is 5.91 Å². The van der Waals surface area contributed by atoms with Crippen molar-refractivity contribution in [2.24, 2.45) is 5.41 Å². The second-order valence-electron chi connectivity index (χ2n) is 6.66. The number of likely N-dealkylation sites (tertiary alicyclic amines) is 1. The third-order valence-electron chi connectivity index (χ3n) is 4.69. The maximum Gasteiger partial charge on any atom is 0.227 e. The molecule has 2 fully saturated rings. The lowest BCUT2D eigenvalue weighted by Crippen LogP contribution is -2.43. The fourth-order valence-electron chi connectivity index (χ4n) is 3.50. The Morgan fingerprint density at radius 3 is 2.73 bits per heavy atom. The Balaban J connectivity index is 1.67. The van der Waals surface area contributed by atoms with Gasteiger partial charge in [0.05, 0.1) is 19.6 Å². The van der Waals surface area contributed by atoms with Crippen LogP contribution in [0, 0.1) is 11.2 Å². The van der Waals surface area contributed by atoms with Crippen LogP contribution in [0.4, 0.5) is 4.39 Å². The number of benzene rings is 1. The Hall–Kier alpha value is -1.46. The number of nitrogens with zero attached hydrogens (tertiary/aromatic N) is 2. The van der Waals surface area contributed by atoms with Crippen LogP contribution in [-0.4, -0.2) is 62.1 Å². The summed E-state index contributed by atoms with van der Waals surface area (Å²) in [6.45, 7) is 4.78. The highest BCUT2D eigenvalue weighted by Crippen LogP contribution is 2.32. The van der Waals surface area contributed by atoms with Gasteiger partial charge in [-0.05, 0) is 37.7 Å². The SMILES string of the molecule is CN1CCC2(COCCN(C(=O)Cc3ccc(F)cc3)C2)C1. The van der Waals surface area contributed by atoms with E-state index in [0.29, 0.717) is 19.6 Å². The number of amides is 1. The molecule has 3 rings (SSSR count). The Labute approximate surface area is 130 Å². The van der Waals surface area contributed by atoms with Gasteiger partial charge < -0.3 is 14.5 Å². The summed E-state index contributed by atoms with van der Waals surface area (Å²) in [6, 6.07) is 6.17. The van der Waals surface area contributed by atoms with Gasteiger partial charge in [0.25, 0.3) is 0 Å². The average Bonchev–Trinajstić information content (AvgIpc) is 2.72. The van der Waals surface area contributed by atoms with Crippen LogP contribution in [-0.2, 0) is 16.0 Å². The Kier molecular flexibility index (Phi) is 4.45. The maximum atomic E-state index is 13.0. The average molecular weight is 306 g/mol. The predicted molar refractivity (Wildman–Crippen MR) is 82.1 cm³/mol. The number of carbonyl (C=O) groups is 1. The molecule has 2 heterocycles. The van der Waals surface area contributed by atoms with Crippen LogP contribution < -0.4 is 0 Å². The maximum absolute atomic E-state index is 13.0. The molecule has 1 spiro atoms. The first-order valence-electron chi connectivity index (χ1n) is 7.85. The highest BCUT2D eigenvalue weighted by atomic mass is 19.1. The van der Waals surface area contributed by atoms with Crippen LogP contribution in [0.15, 0.2) is 24.3 Å². The number of hydrogen-bond acceptors (Lipinski definition) is 3. The van der Waals surface area contributed by atoms with Crippen molar-refractivity contribution in [3.8, 4) is 0 Å². The molecule has 2 saturated heterocycles. The number of rotatable bonds is 2. The number of ether oxygens (including phenoxy) is 1. The van der Waals surface area contributed by atoms with Gasteiger partial charge in [-0.25, -0.2) is 4.39 Å². The van der Waals surface area contributed by atoms with Crippen molar-refractivity contribution in [2.45, 2.75) is 12.8 Å². The van der Waals surface area contributed by atoms with Gasteiger partial charge in [0.15, 0.2) is 0 Å². The molecule has 0 aromatic heterocycles.